The predicted octanol–water partition coefficient (Wildman–Crippen LogP) is 5.35. The van der Waals surface area contributed by atoms with Crippen LogP contribution in [0, 0.1) is 3.57 Å². The van der Waals surface area contributed by atoms with Crippen LogP contribution in [0.5, 0.6) is 0 Å². The maximum absolute atomic E-state index is 12.3. The van der Waals surface area contributed by atoms with E-state index < -0.39 is 0 Å². The SMILES string of the molecule is O=C(Nc1ccc(I)cc1Cl)c1ccc2ccccc2c1. The van der Waals surface area contributed by atoms with E-state index in [2.05, 4.69) is 27.9 Å². The Hall–Kier alpha value is -1.59. The number of anilines is 1. The van der Waals surface area contributed by atoms with Crippen molar-refractivity contribution in [1.82, 2.24) is 0 Å². The Morgan fingerprint density at radius 3 is 2.48 bits per heavy atom. The summed E-state index contributed by atoms with van der Waals surface area (Å²) in [7, 11) is 0. The minimum Gasteiger partial charge on any atom is -0.321 e. The third-order valence-corrected chi connectivity index (χ3v) is 4.17. The highest BCUT2D eigenvalue weighted by molar-refractivity contribution is 14.1. The standard InChI is InChI=1S/C17H11ClINO/c18-15-10-14(19)7-8-16(15)20-17(21)13-6-5-11-3-1-2-4-12(11)9-13/h1-10H,(H,20,21). The zero-order valence-corrected chi connectivity index (χ0v) is 13.9. The molecule has 0 spiro atoms. The average Bonchev–Trinajstić information content (AvgIpc) is 2.49. The number of hydrogen-bond donors (Lipinski definition) is 1. The molecule has 0 bridgehead atoms. The summed E-state index contributed by atoms with van der Waals surface area (Å²) in [6.45, 7) is 0. The van der Waals surface area contributed by atoms with Crippen molar-refractivity contribution in [3.05, 3.63) is 74.8 Å². The predicted molar refractivity (Wildman–Crippen MR) is 96.1 cm³/mol. The summed E-state index contributed by atoms with van der Waals surface area (Å²) in [6.07, 6.45) is 0. The van der Waals surface area contributed by atoms with Crippen LogP contribution in [0.4, 0.5) is 5.69 Å². The van der Waals surface area contributed by atoms with Crippen LogP contribution >= 0.6 is 34.2 Å². The first-order chi connectivity index (χ1) is 10.1. The molecule has 0 radical (unpaired) electrons. The molecule has 0 fully saturated rings. The lowest BCUT2D eigenvalue weighted by Gasteiger charge is -2.08. The van der Waals surface area contributed by atoms with Gasteiger partial charge in [-0.15, -0.1) is 0 Å². The molecule has 0 aliphatic rings. The van der Waals surface area contributed by atoms with E-state index in [1.807, 2.05) is 60.7 Å². The molecule has 0 saturated heterocycles. The number of carbonyl (C=O) groups excluding carboxylic acids is 1. The quantitative estimate of drug-likeness (QED) is 0.570. The fourth-order valence-electron chi connectivity index (χ4n) is 2.12. The number of rotatable bonds is 2. The first kappa shape index (κ1) is 14.4. The largest absolute Gasteiger partial charge is 0.321 e. The van der Waals surface area contributed by atoms with Crippen LogP contribution in [0.3, 0.4) is 0 Å². The molecule has 0 atom stereocenters. The van der Waals surface area contributed by atoms with E-state index in [9.17, 15) is 4.79 Å². The molecule has 0 unspecified atom stereocenters. The first-order valence-corrected chi connectivity index (χ1v) is 7.84. The summed E-state index contributed by atoms with van der Waals surface area (Å²) >= 11 is 8.32. The molecule has 3 rings (SSSR count). The Kier molecular flexibility index (Phi) is 4.12. The molecule has 4 heteroatoms. The van der Waals surface area contributed by atoms with Crippen molar-refractivity contribution in [3.63, 3.8) is 0 Å². The van der Waals surface area contributed by atoms with Crippen LogP contribution in [0.2, 0.25) is 5.02 Å². The number of fused-ring (bicyclic) bond motifs is 1. The van der Waals surface area contributed by atoms with Crippen LogP contribution in [-0.2, 0) is 0 Å². The molecule has 3 aromatic carbocycles. The molecule has 0 aromatic heterocycles. The monoisotopic (exact) mass is 407 g/mol. The van der Waals surface area contributed by atoms with Crippen molar-refractivity contribution in [3.8, 4) is 0 Å². The first-order valence-electron chi connectivity index (χ1n) is 6.39. The van der Waals surface area contributed by atoms with Gasteiger partial charge in [-0.1, -0.05) is 41.9 Å². The summed E-state index contributed by atoms with van der Waals surface area (Å²) in [5, 5.41) is 5.54. The van der Waals surface area contributed by atoms with Gasteiger partial charge in [0.1, 0.15) is 0 Å². The smallest absolute Gasteiger partial charge is 0.255 e. The number of amides is 1. The number of benzene rings is 3. The van der Waals surface area contributed by atoms with Gasteiger partial charge in [-0.05, 0) is 63.7 Å². The van der Waals surface area contributed by atoms with E-state index in [0.717, 1.165) is 14.3 Å². The summed E-state index contributed by atoms with van der Waals surface area (Å²) in [6, 6.07) is 19.1. The van der Waals surface area contributed by atoms with Gasteiger partial charge in [0.25, 0.3) is 5.91 Å². The fraction of sp³-hybridized carbons (Fsp3) is 0. The van der Waals surface area contributed by atoms with Gasteiger partial charge in [-0.3, -0.25) is 4.79 Å². The highest BCUT2D eigenvalue weighted by Gasteiger charge is 2.09. The van der Waals surface area contributed by atoms with Gasteiger partial charge in [0, 0.05) is 9.13 Å². The van der Waals surface area contributed by atoms with E-state index in [0.29, 0.717) is 16.3 Å². The lowest BCUT2D eigenvalue weighted by Crippen LogP contribution is -2.12. The van der Waals surface area contributed by atoms with Crippen LogP contribution in [-0.4, -0.2) is 5.91 Å². The third kappa shape index (κ3) is 3.19. The van der Waals surface area contributed by atoms with Crippen molar-refractivity contribution in [2.24, 2.45) is 0 Å². The minimum absolute atomic E-state index is 0.163. The minimum atomic E-state index is -0.163. The van der Waals surface area contributed by atoms with Crippen LogP contribution in [0.15, 0.2) is 60.7 Å². The number of hydrogen-bond acceptors (Lipinski definition) is 1. The molecule has 0 aliphatic carbocycles. The third-order valence-electron chi connectivity index (χ3n) is 3.19. The van der Waals surface area contributed by atoms with E-state index >= 15 is 0 Å². The summed E-state index contributed by atoms with van der Waals surface area (Å²) < 4.78 is 1.03. The highest BCUT2D eigenvalue weighted by Crippen LogP contribution is 2.25. The van der Waals surface area contributed by atoms with E-state index in [4.69, 9.17) is 11.6 Å². The molecule has 1 N–H and O–H groups in total. The van der Waals surface area contributed by atoms with Gasteiger partial charge < -0.3 is 5.32 Å². The Balaban J connectivity index is 1.89. The second-order valence-electron chi connectivity index (χ2n) is 4.64. The number of carbonyl (C=O) groups is 1. The Morgan fingerprint density at radius 1 is 0.952 bits per heavy atom. The molecular formula is C17H11ClINO. The van der Waals surface area contributed by atoms with Gasteiger partial charge in [0.2, 0.25) is 0 Å². The molecule has 21 heavy (non-hydrogen) atoms. The van der Waals surface area contributed by atoms with Gasteiger partial charge in [0.05, 0.1) is 10.7 Å². The number of nitrogens with one attached hydrogen (secondary N) is 1. The van der Waals surface area contributed by atoms with Gasteiger partial charge in [0.15, 0.2) is 0 Å². The second kappa shape index (κ2) is 6.03. The molecule has 104 valence electrons. The van der Waals surface area contributed by atoms with E-state index in [1.54, 1.807) is 0 Å². The van der Waals surface area contributed by atoms with Crippen LogP contribution in [0.1, 0.15) is 10.4 Å². The maximum Gasteiger partial charge on any atom is 0.255 e. The Bertz CT molecular complexity index is 832. The molecule has 2 nitrogen and oxygen atoms in total. The van der Waals surface area contributed by atoms with E-state index in [-0.39, 0.29) is 5.91 Å². The molecule has 3 aromatic rings. The lowest BCUT2D eigenvalue weighted by atomic mass is 10.1. The molecule has 0 aliphatic heterocycles. The van der Waals surface area contributed by atoms with Crippen molar-refractivity contribution in [2.75, 3.05) is 5.32 Å². The van der Waals surface area contributed by atoms with Gasteiger partial charge >= 0.3 is 0 Å². The maximum atomic E-state index is 12.3. The summed E-state index contributed by atoms with van der Waals surface area (Å²) in [5.74, 6) is -0.163. The van der Waals surface area contributed by atoms with Gasteiger partial charge in [-0.25, -0.2) is 0 Å². The van der Waals surface area contributed by atoms with Crippen LogP contribution < -0.4 is 5.32 Å². The van der Waals surface area contributed by atoms with Crippen molar-refractivity contribution >= 4 is 56.6 Å². The molecule has 0 saturated carbocycles. The Morgan fingerprint density at radius 2 is 1.71 bits per heavy atom. The van der Waals surface area contributed by atoms with Crippen LogP contribution in [0.25, 0.3) is 10.8 Å². The summed E-state index contributed by atoms with van der Waals surface area (Å²) in [4.78, 5) is 12.3. The average molecular weight is 408 g/mol. The summed E-state index contributed by atoms with van der Waals surface area (Å²) in [5.41, 5.74) is 1.23. The van der Waals surface area contributed by atoms with Crippen molar-refractivity contribution < 1.29 is 4.79 Å². The normalized spacial score (nSPS) is 10.6. The fourth-order valence-corrected chi connectivity index (χ4v) is 3.02. The molecule has 0 heterocycles. The second-order valence-corrected chi connectivity index (χ2v) is 6.29. The zero-order chi connectivity index (χ0) is 14.8. The van der Waals surface area contributed by atoms with Crippen molar-refractivity contribution in [1.29, 1.82) is 0 Å². The lowest BCUT2D eigenvalue weighted by molar-refractivity contribution is 0.102. The molecular weight excluding hydrogens is 397 g/mol. The highest BCUT2D eigenvalue weighted by atomic mass is 127. The van der Waals surface area contributed by atoms with Gasteiger partial charge in [-0.2, -0.15) is 0 Å². The Labute approximate surface area is 141 Å². The topological polar surface area (TPSA) is 29.1 Å². The van der Waals surface area contributed by atoms with E-state index in [1.165, 1.54) is 0 Å². The number of halogens is 2. The van der Waals surface area contributed by atoms with Crippen molar-refractivity contribution in [2.45, 2.75) is 0 Å². The molecule has 1 amide bonds. The zero-order valence-electron chi connectivity index (χ0n) is 10.9.